The van der Waals surface area contributed by atoms with Crippen molar-refractivity contribution in [1.82, 2.24) is 29.9 Å². The minimum absolute atomic E-state index is 0.372. The lowest BCUT2D eigenvalue weighted by Crippen LogP contribution is -2.22. The molecule has 1 unspecified atom stereocenters. The fourth-order valence-electron chi connectivity index (χ4n) is 4.01. The summed E-state index contributed by atoms with van der Waals surface area (Å²) in [6.45, 7) is 1.59. The fourth-order valence-corrected chi connectivity index (χ4v) is 4.01. The van der Waals surface area contributed by atoms with Gasteiger partial charge in [0.05, 0.1) is 23.4 Å². The van der Waals surface area contributed by atoms with Crippen LogP contribution >= 0.6 is 0 Å². The lowest BCUT2D eigenvalue weighted by atomic mass is 9.96. The Balaban J connectivity index is 1.52. The number of nitrogens with two attached hydrogens (primary N) is 1. The molecule has 1 aromatic carbocycles. The zero-order chi connectivity index (χ0) is 21.0. The Bertz CT molecular complexity index is 1160. The van der Waals surface area contributed by atoms with E-state index in [1.807, 2.05) is 36.4 Å². The van der Waals surface area contributed by atoms with Crippen molar-refractivity contribution in [2.24, 2.45) is 11.7 Å². The van der Waals surface area contributed by atoms with Crippen molar-refractivity contribution < 1.29 is 4.74 Å². The summed E-state index contributed by atoms with van der Waals surface area (Å²) >= 11 is 0. The van der Waals surface area contributed by atoms with Gasteiger partial charge in [0.25, 0.3) is 0 Å². The number of aromatic nitrogens is 6. The number of hydrogen-bond acceptors (Lipinski definition) is 7. The maximum absolute atomic E-state index is 6.53. The molecule has 1 atom stereocenters. The van der Waals surface area contributed by atoms with Crippen LogP contribution in [0.3, 0.4) is 0 Å². The number of ether oxygens (including phenoxy) is 1. The van der Waals surface area contributed by atoms with Gasteiger partial charge in [0, 0.05) is 43.5 Å². The number of pyridine rings is 1. The van der Waals surface area contributed by atoms with E-state index in [9.17, 15) is 0 Å². The quantitative estimate of drug-likeness (QED) is 0.497. The van der Waals surface area contributed by atoms with E-state index in [4.69, 9.17) is 25.4 Å². The van der Waals surface area contributed by atoms with Gasteiger partial charge in [-0.1, -0.05) is 12.1 Å². The topological polar surface area (TPSA) is 115 Å². The third kappa shape index (κ3) is 4.45. The Hall–Kier alpha value is -3.23. The monoisotopic (exact) mass is 415 g/mol. The highest BCUT2D eigenvalue weighted by atomic mass is 16.5. The van der Waals surface area contributed by atoms with Crippen molar-refractivity contribution in [3.05, 3.63) is 66.3 Å². The van der Waals surface area contributed by atoms with Crippen molar-refractivity contribution in [3.63, 3.8) is 0 Å². The highest BCUT2D eigenvalue weighted by molar-refractivity contribution is 5.89. The Kier molecular flexibility index (Phi) is 5.64. The molecule has 1 aliphatic rings. The number of fused-ring (bicyclic) bond motifs is 1. The number of nitrogens with one attached hydrogen (secondary N) is 1. The van der Waals surface area contributed by atoms with Crippen molar-refractivity contribution in [1.29, 1.82) is 0 Å². The Labute approximate surface area is 180 Å². The summed E-state index contributed by atoms with van der Waals surface area (Å²) in [4.78, 5) is 26.4. The second kappa shape index (κ2) is 8.87. The molecule has 4 heterocycles. The number of rotatable bonds is 6. The minimum atomic E-state index is -0.372. The first-order chi connectivity index (χ1) is 15.3. The molecule has 1 saturated heterocycles. The maximum atomic E-state index is 6.53. The molecular weight excluding hydrogens is 390 g/mol. The Morgan fingerprint density at radius 3 is 2.77 bits per heavy atom. The molecule has 3 N–H and O–H groups in total. The number of hydrogen-bond donors (Lipinski definition) is 2. The summed E-state index contributed by atoms with van der Waals surface area (Å²) < 4.78 is 5.51. The van der Waals surface area contributed by atoms with Gasteiger partial charge in [-0.2, -0.15) is 0 Å². The third-order valence-electron chi connectivity index (χ3n) is 5.69. The average Bonchev–Trinajstić information content (AvgIpc) is 3.29. The van der Waals surface area contributed by atoms with E-state index in [1.165, 1.54) is 0 Å². The van der Waals surface area contributed by atoms with E-state index < -0.39 is 0 Å². The van der Waals surface area contributed by atoms with E-state index in [0.29, 0.717) is 24.0 Å². The summed E-state index contributed by atoms with van der Waals surface area (Å²) in [5, 5.41) is 0. The molecule has 1 aliphatic heterocycles. The molecule has 0 radical (unpaired) electrons. The van der Waals surface area contributed by atoms with E-state index in [1.54, 1.807) is 12.5 Å². The molecule has 0 saturated carbocycles. The van der Waals surface area contributed by atoms with Gasteiger partial charge in [-0.25, -0.2) is 19.9 Å². The van der Waals surface area contributed by atoms with Crippen LogP contribution in [0.5, 0.6) is 0 Å². The van der Waals surface area contributed by atoms with Gasteiger partial charge in [0.1, 0.15) is 11.6 Å². The van der Waals surface area contributed by atoms with Crippen LogP contribution in [0.1, 0.15) is 36.2 Å². The summed E-state index contributed by atoms with van der Waals surface area (Å²) in [6.07, 6.45) is 6.85. The zero-order valence-corrected chi connectivity index (χ0v) is 17.2. The number of benzene rings is 1. The van der Waals surface area contributed by atoms with Crippen molar-refractivity contribution in [2.75, 3.05) is 13.2 Å². The zero-order valence-electron chi connectivity index (χ0n) is 17.2. The molecule has 1 fully saturated rings. The molecule has 0 spiro atoms. The SMILES string of the molecule is NC(Cc1ccccn1)c1nc(CC2CCOCC2)nc(-c2cccc3[nH]cnc23)n1. The second-order valence-electron chi connectivity index (χ2n) is 7.93. The van der Waals surface area contributed by atoms with Gasteiger partial charge in [0.15, 0.2) is 5.82 Å². The van der Waals surface area contributed by atoms with Crippen LogP contribution in [0, 0.1) is 5.92 Å². The van der Waals surface area contributed by atoms with Gasteiger partial charge < -0.3 is 15.5 Å². The van der Waals surface area contributed by atoms with Crippen LogP contribution in [0.25, 0.3) is 22.4 Å². The van der Waals surface area contributed by atoms with Crippen LogP contribution < -0.4 is 5.73 Å². The van der Waals surface area contributed by atoms with Gasteiger partial charge in [-0.3, -0.25) is 4.98 Å². The van der Waals surface area contributed by atoms with Crippen molar-refractivity contribution in [3.8, 4) is 11.4 Å². The van der Waals surface area contributed by atoms with E-state index >= 15 is 0 Å². The first-order valence-electron chi connectivity index (χ1n) is 10.7. The highest BCUT2D eigenvalue weighted by Gasteiger charge is 2.21. The van der Waals surface area contributed by atoms with Crippen LogP contribution in [0.2, 0.25) is 0 Å². The molecule has 5 rings (SSSR count). The first-order valence-corrected chi connectivity index (χ1v) is 10.7. The lowest BCUT2D eigenvalue weighted by molar-refractivity contribution is 0.0659. The van der Waals surface area contributed by atoms with Crippen LogP contribution in [-0.4, -0.2) is 43.1 Å². The summed E-state index contributed by atoms with van der Waals surface area (Å²) in [7, 11) is 0. The number of aromatic amines is 1. The molecule has 8 heteroatoms. The molecule has 4 aromatic rings. The summed E-state index contributed by atoms with van der Waals surface area (Å²) in [6, 6.07) is 11.4. The average molecular weight is 416 g/mol. The van der Waals surface area contributed by atoms with Crippen molar-refractivity contribution >= 4 is 11.0 Å². The molecule has 31 heavy (non-hydrogen) atoms. The second-order valence-corrected chi connectivity index (χ2v) is 7.93. The largest absolute Gasteiger partial charge is 0.381 e. The summed E-state index contributed by atoms with van der Waals surface area (Å²) in [5.74, 6) is 2.48. The fraction of sp³-hybridized carbons (Fsp3) is 0.348. The minimum Gasteiger partial charge on any atom is -0.381 e. The van der Waals surface area contributed by atoms with Crippen LogP contribution in [0.15, 0.2) is 48.9 Å². The molecular formula is C23H25N7O. The van der Waals surface area contributed by atoms with Crippen molar-refractivity contribution in [2.45, 2.75) is 31.7 Å². The smallest absolute Gasteiger partial charge is 0.165 e. The third-order valence-corrected chi connectivity index (χ3v) is 5.69. The molecule has 3 aromatic heterocycles. The number of H-pyrrole nitrogens is 1. The molecule has 0 aliphatic carbocycles. The van der Waals surface area contributed by atoms with Gasteiger partial charge in [-0.15, -0.1) is 0 Å². The van der Waals surface area contributed by atoms with Gasteiger partial charge >= 0.3 is 0 Å². The Morgan fingerprint density at radius 1 is 1.03 bits per heavy atom. The van der Waals surface area contributed by atoms with E-state index in [2.05, 4.69) is 15.0 Å². The normalized spacial score (nSPS) is 15.9. The number of imidazole rings is 1. The molecule has 0 amide bonds. The van der Waals surface area contributed by atoms with Crippen LogP contribution in [-0.2, 0) is 17.6 Å². The predicted molar refractivity (Wildman–Crippen MR) is 117 cm³/mol. The maximum Gasteiger partial charge on any atom is 0.165 e. The number of para-hydroxylation sites is 1. The van der Waals surface area contributed by atoms with Crippen LogP contribution in [0.4, 0.5) is 0 Å². The standard InChI is InChI=1S/C23H25N7O/c24-18(13-16-4-1-2-9-25-16)23-29-20(12-15-7-10-31-11-8-15)28-22(30-23)17-5-3-6-19-21(17)27-14-26-19/h1-6,9,14-15,18H,7-8,10-13,24H2,(H,26,27). The molecule has 0 bridgehead atoms. The molecule has 8 nitrogen and oxygen atoms in total. The number of nitrogens with zero attached hydrogens (tertiary/aromatic N) is 5. The highest BCUT2D eigenvalue weighted by Crippen LogP contribution is 2.26. The summed E-state index contributed by atoms with van der Waals surface area (Å²) in [5.41, 5.74) is 10.1. The van der Waals surface area contributed by atoms with Gasteiger partial charge in [0.2, 0.25) is 0 Å². The van der Waals surface area contributed by atoms with E-state index in [-0.39, 0.29) is 6.04 Å². The van der Waals surface area contributed by atoms with Gasteiger partial charge in [-0.05, 0) is 43.0 Å². The lowest BCUT2D eigenvalue weighted by Gasteiger charge is -2.21. The van der Waals surface area contributed by atoms with E-state index in [0.717, 1.165) is 60.6 Å². The first kappa shape index (κ1) is 19.7. The Morgan fingerprint density at radius 2 is 1.94 bits per heavy atom. The molecule has 158 valence electrons. The predicted octanol–water partition coefficient (Wildman–Crippen LogP) is 3.02.